The van der Waals surface area contributed by atoms with E-state index in [-0.39, 0.29) is 22.0 Å². The predicted molar refractivity (Wildman–Crippen MR) is 88.9 cm³/mol. The number of benzene rings is 2. The summed E-state index contributed by atoms with van der Waals surface area (Å²) in [6, 6.07) is 11.0. The van der Waals surface area contributed by atoms with Crippen LogP contribution < -0.4 is 10.0 Å². The number of carbonyl (C=O) groups excluding carboxylic acids is 2. The molecule has 2 aromatic rings. The Hall–Kier alpha value is -2.87. The number of rotatable bonds is 5. The number of phenols is 1. The van der Waals surface area contributed by atoms with Gasteiger partial charge in [0.05, 0.1) is 22.7 Å². The summed E-state index contributed by atoms with van der Waals surface area (Å²) in [5.74, 6) is -1.60. The molecule has 7 nitrogen and oxygen atoms in total. The maximum atomic E-state index is 12.9. The maximum absolute atomic E-state index is 12.9. The minimum Gasteiger partial charge on any atom is -0.506 e. The fourth-order valence-corrected chi connectivity index (χ4v) is 3.52. The van der Waals surface area contributed by atoms with Crippen LogP contribution in [0, 0.1) is 0 Å². The van der Waals surface area contributed by atoms with Crippen molar-refractivity contribution in [1.82, 2.24) is 0 Å². The van der Waals surface area contributed by atoms with Crippen LogP contribution in [-0.4, -0.2) is 25.2 Å². The third kappa shape index (κ3) is 3.54. The van der Waals surface area contributed by atoms with Crippen LogP contribution in [0.2, 0.25) is 0 Å². The topological polar surface area (TPSA) is 118 Å². The molecule has 0 fully saturated rings. The van der Waals surface area contributed by atoms with Crippen LogP contribution in [0.1, 0.15) is 13.3 Å². The number of carbonyl (C=O) groups is 2. The number of nitrogens with zero attached hydrogens (tertiary/aromatic N) is 1. The van der Waals surface area contributed by atoms with Gasteiger partial charge in [0.25, 0.3) is 10.0 Å². The second kappa shape index (κ2) is 6.71. The van der Waals surface area contributed by atoms with Gasteiger partial charge < -0.3 is 10.8 Å². The molecule has 24 heavy (non-hydrogen) atoms. The van der Waals surface area contributed by atoms with Gasteiger partial charge in [-0.15, -0.1) is 0 Å². The van der Waals surface area contributed by atoms with Crippen LogP contribution in [0.15, 0.2) is 53.4 Å². The van der Waals surface area contributed by atoms with Gasteiger partial charge in [0.2, 0.25) is 5.91 Å². The molecule has 0 radical (unpaired) electrons. The molecule has 2 rings (SSSR count). The van der Waals surface area contributed by atoms with Crippen LogP contribution in [0.4, 0.5) is 11.4 Å². The number of para-hydroxylation sites is 1. The van der Waals surface area contributed by atoms with E-state index in [0.29, 0.717) is 4.31 Å². The Balaban J connectivity index is 2.58. The smallest absolute Gasteiger partial charge is 0.270 e. The molecular formula is C16H16N2O5S. The lowest BCUT2D eigenvalue weighted by atomic mass is 10.2. The third-order valence-electron chi connectivity index (χ3n) is 3.15. The molecule has 0 bridgehead atoms. The molecule has 0 spiro atoms. The van der Waals surface area contributed by atoms with Crippen LogP contribution in [0.25, 0.3) is 0 Å². The number of Topliss-reactive ketones (excluding diaryl/α,β-unsaturated/α-hetero) is 1. The van der Waals surface area contributed by atoms with Crippen LogP contribution >= 0.6 is 0 Å². The highest BCUT2D eigenvalue weighted by Gasteiger charge is 2.31. The molecule has 126 valence electrons. The summed E-state index contributed by atoms with van der Waals surface area (Å²) in [5.41, 5.74) is 5.51. The Bertz CT molecular complexity index is 879. The van der Waals surface area contributed by atoms with Crippen molar-refractivity contribution in [1.29, 1.82) is 0 Å². The number of nitrogen functional groups attached to an aromatic ring is 1. The van der Waals surface area contributed by atoms with Crippen LogP contribution in [-0.2, 0) is 19.6 Å². The quantitative estimate of drug-likeness (QED) is 0.482. The average Bonchev–Trinajstić information content (AvgIpc) is 2.50. The summed E-state index contributed by atoms with van der Waals surface area (Å²) >= 11 is 0. The molecule has 0 heterocycles. The second-order valence-electron chi connectivity index (χ2n) is 5.10. The lowest BCUT2D eigenvalue weighted by Gasteiger charge is -2.22. The molecule has 0 aliphatic carbocycles. The van der Waals surface area contributed by atoms with Crippen molar-refractivity contribution in [3.05, 3.63) is 48.5 Å². The molecule has 0 aliphatic heterocycles. The minimum atomic E-state index is -4.30. The summed E-state index contributed by atoms with van der Waals surface area (Å²) in [7, 11) is -4.30. The summed E-state index contributed by atoms with van der Waals surface area (Å²) in [5, 5.41) is 9.45. The maximum Gasteiger partial charge on any atom is 0.270 e. The lowest BCUT2D eigenvalue weighted by molar-refractivity contribution is -0.124. The first-order valence-electron chi connectivity index (χ1n) is 6.94. The van der Waals surface area contributed by atoms with Gasteiger partial charge in [-0.05, 0) is 37.3 Å². The molecule has 0 saturated heterocycles. The molecular weight excluding hydrogens is 332 g/mol. The van der Waals surface area contributed by atoms with Crippen LogP contribution in [0.3, 0.4) is 0 Å². The second-order valence-corrected chi connectivity index (χ2v) is 6.88. The van der Waals surface area contributed by atoms with Crippen molar-refractivity contribution >= 4 is 33.1 Å². The van der Waals surface area contributed by atoms with Crippen molar-refractivity contribution in [2.24, 2.45) is 0 Å². The number of amides is 1. The molecule has 2 aromatic carbocycles. The highest BCUT2D eigenvalue weighted by atomic mass is 32.2. The molecule has 8 heteroatoms. The van der Waals surface area contributed by atoms with Crippen molar-refractivity contribution in [3.8, 4) is 5.75 Å². The minimum absolute atomic E-state index is 0.107. The first kappa shape index (κ1) is 17.5. The standard InChI is InChI=1S/C16H16N2O5S/c1-11(19)9-16(21)18(12-5-3-2-4-6-12)24(22,23)13-7-8-15(20)14(17)10-13/h2-8,10,20H,9,17H2,1H3. The van der Waals surface area contributed by atoms with E-state index in [1.54, 1.807) is 18.2 Å². The Morgan fingerprint density at radius 3 is 2.29 bits per heavy atom. The van der Waals surface area contributed by atoms with E-state index in [0.717, 1.165) is 18.2 Å². The lowest BCUT2D eigenvalue weighted by Crippen LogP contribution is -2.37. The van der Waals surface area contributed by atoms with Gasteiger partial charge in [-0.2, -0.15) is 0 Å². The number of phenolic OH excluding ortho intramolecular Hbond substituents is 1. The molecule has 0 saturated carbocycles. The number of ketones is 1. The van der Waals surface area contributed by atoms with E-state index < -0.39 is 28.1 Å². The van der Waals surface area contributed by atoms with Gasteiger partial charge in [-0.1, -0.05) is 18.2 Å². The van der Waals surface area contributed by atoms with Gasteiger partial charge in [0, 0.05) is 0 Å². The SMILES string of the molecule is CC(=O)CC(=O)N(c1ccccc1)S(=O)(=O)c1ccc(O)c(N)c1. The van der Waals surface area contributed by atoms with Gasteiger partial charge >= 0.3 is 0 Å². The van der Waals surface area contributed by atoms with Gasteiger partial charge in [0.1, 0.15) is 11.5 Å². The first-order chi connectivity index (χ1) is 11.2. The molecule has 0 atom stereocenters. The monoisotopic (exact) mass is 348 g/mol. The highest BCUT2D eigenvalue weighted by Crippen LogP contribution is 2.28. The van der Waals surface area contributed by atoms with E-state index >= 15 is 0 Å². The highest BCUT2D eigenvalue weighted by molar-refractivity contribution is 7.93. The number of anilines is 2. The Kier molecular flexibility index (Phi) is 4.89. The van der Waals surface area contributed by atoms with E-state index in [9.17, 15) is 23.1 Å². The van der Waals surface area contributed by atoms with E-state index in [1.807, 2.05) is 0 Å². The van der Waals surface area contributed by atoms with Crippen molar-refractivity contribution in [3.63, 3.8) is 0 Å². The summed E-state index contributed by atoms with van der Waals surface area (Å²) in [6.45, 7) is 1.20. The number of hydrogen-bond donors (Lipinski definition) is 2. The zero-order valence-corrected chi connectivity index (χ0v) is 13.7. The van der Waals surface area contributed by atoms with Crippen LogP contribution in [0.5, 0.6) is 5.75 Å². The fraction of sp³-hybridized carbons (Fsp3) is 0.125. The first-order valence-corrected chi connectivity index (χ1v) is 8.38. The molecule has 1 amide bonds. The summed E-state index contributed by atoms with van der Waals surface area (Å²) in [6.07, 6.45) is -0.554. The number of aromatic hydroxyl groups is 1. The molecule has 0 aromatic heterocycles. The van der Waals surface area contributed by atoms with Gasteiger partial charge in [-0.3, -0.25) is 9.59 Å². The zero-order chi connectivity index (χ0) is 17.9. The number of sulfonamides is 1. The van der Waals surface area contributed by atoms with Crippen molar-refractivity contribution in [2.45, 2.75) is 18.2 Å². The largest absolute Gasteiger partial charge is 0.506 e. The van der Waals surface area contributed by atoms with Crippen molar-refractivity contribution in [2.75, 3.05) is 10.0 Å². The average molecular weight is 348 g/mol. The molecule has 0 aliphatic rings. The summed E-state index contributed by atoms with van der Waals surface area (Å²) < 4.78 is 26.3. The predicted octanol–water partition coefficient (Wildman–Crippen LogP) is 1.68. The normalized spacial score (nSPS) is 11.0. The number of nitrogens with two attached hydrogens (primary N) is 1. The number of hydrogen-bond acceptors (Lipinski definition) is 6. The van der Waals surface area contributed by atoms with E-state index in [1.165, 1.54) is 19.1 Å². The summed E-state index contributed by atoms with van der Waals surface area (Å²) in [4.78, 5) is 23.4. The molecule has 0 unspecified atom stereocenters. The van der Waals surface area contributed by atoms with Gasteiger partial charge in [-0.25, -0.2) is 12.7 Å². The Morgan fingerprint density at radius 1 is 1.12 bits per heavy atom. The van der Waals surface area contributed by atoms with E-state index in [4.69, 9.17) is 5.73 Å². The van der Waals surface area contributed by atoms with Gasteiger partial charge in [0.15, 0.2) is 0 Å². The van der Waals surface area contributed by atoms with Crippen molar-refractivity contribution < 1.29 is 23.1 Å². The molecule has 3 N–H and O–H groups in total. The Morgan fingerprint density at radius 2 is 1.75 bits per heavy atom. The fourth-order valence-electron chi connectivity index (χ4n) is 2.06. The zero-order valence-electron chi connectivity index (χ0n) is 12.8. The Labute approximate surface area is 139 Å². The third-order valence-corrected chi connectivity index (χ3v) is 4.90. The van der Waals surface area contributed by atoms with E-state index in [2.05, 4.69) is 0 Å².